The highest BCUT2D eigenvalue weighted by Gasteiger charge is 2.25. The first-order valence-corrected chi connectivity index (χ1v) is 8.67. The van der Waals surface area contributed by atoms with Gasteiger partial charge in [0.25, 0.3) is 0 Å². The number of aromatic nitrogens is 2. The molecule has 2 amide bonds. The van der Waals surface area contributed by atoms with Crippen molar-refractivity contribution in [1.29, 1.82) is 0 Å². The van der Waals surface area contributed by atoms with E-state index in [1.807, 2.05) is 42.0 Å². The summed E-state index contributed by atoms with van der Waals surface area (Å²) in [7, 11) is 0. The van der Waals surface area contributed by atoms with Gasteiger partial charge < -0.3 is 14.8 Å². The Labute approximate surface area is 147 Å². The van der Waals surface area contributed by atoms with Gasteiger partial charge in [-0.1, -0.05) is 12.1 Å². The van der Waals surface area contributed by atoms with Gasteiger partial charge in [0, 0.05) is 50.6 Å². The lowest BCUT2D eigenvalue weighted by Gasteiger charge is -2.30. The molecule has 132 valence electrons. The minimum atomic E-state index is 0.00321. The van der Waals surface area contributed by atoms with Crippen LogP contribution in [-0.2, 0) is 16.1 Å². The molecule has 0 saturated carbocycles. The maximum absolute atomic E-state index is 12.3. The second kappa shape index (κ2) is 7.51. The Morgan fingerprint density at radius 2 is 1.88 bits per heavy atom. The van der Waals surface area contributed by atoms with Gasteiger partial charge >= 0.3 is 0 Å². The molecule has 0 aliphatic carbocycles. The van der Waals surface area contributed by atoms with E-state index in [-0.39, 0.29) is 17.7 Å². The quantitative estimate of drug-likeness (QED) is 0.926. The van der Waals surface area contributed by atoms with E-state index in [2.05, 4.69) is 10.3 Å². The number of likely N-dealkylation sites (tertiary alicyclic amines) is 1. The molecule has 1 aromatic carbocycles. The van der Waals surface area contributed by atoms with Gasteiger partial charge in [-0.3, -0.25) is 9.59 Å². The summed E-state index contributed by atoms with van der Waals surface area (Å²) in [5, 5.41) is 3.02. The third-order valence-corrected chi connectivity index (χ3v) is 4.82. The number of imidazole rings is 1. The number of carbonyl (C=O) groups is 2. The molecule has 2 heterocycles. The number of hydrogen-bond donors (Lipinski definition) is 1. The summed E-state index contributed by atoms with van der Waals surface area (Å²) in [5.74, 6) is 1.12. The van der Waals surface area contributed by atoms with E-state index in [0.29, 0.717) is 19.6 Å². The molecule has 3 rings (SSSR count). The number of nitrogens with one attached hydrogen (secondary N) is 1. The smallest absolute Gasteiger partial charge is 0.223 e. The van der Waals surface area contributed by atoms with Crippen molar-refractivity contribution >= 4 is 11.8 Å². The SMILES string of the molecule is CC(=O)N1CCC(C(=O)NCc2ccc(-n3ccnc3C)cc2)CC1. The second-order valence-electron chi connectivity index (χ2n) is 6.51. The molecule has 1 aliphatic rings. The highest BCUT2D eigenvalue weighted by molar-refractivity contribution is 5.79. The van der Waals surface area contributed by atoms with Crippen LogP contribution in [0.5, 0.6) is 0 Å². The van der Waals surface area contributed by atoms with Crippen molar-refractivity contribution in [3.63, 3.8) is 0 Å². The summed E-state index contributed by atoms with van der Waals surface area (Å²) in [6.45, 7) is 5.41. The molecule has 0 bridgehead atoms. The van der Waals surface area contributed by atoms with Gasteiger partial charge in [0.2, 0.25) is 11.8 Å². The summed E-state index contributed by atoms with van der Waals surface area (Å²) in [5.41, 5.74) is 2.12. The molecule has 6 nitrogen and oxygen atoms in total. The lowest BCUT2D eigenvalue weighted by atomic mass is 9.96. The Bertz CT molecular complexity index is 743. The van der Waals surface area contributed by atoms with E-state index in [4.69, 9.17) is 0 Å². The average molecular weight is 340 g/mol. The molecule has 0 radical (unpaired) electrons. The predicted molar refractivity (Wildman–Crippen MR) is 95.1 cm³/mol. The van der Waals surface area contributed by atoms with Crippen LogP contribution in [0.1, 0.15) is 31.2 Å². The summed E-state index contributed by atoms with van der Waals surface area (Å²) < 4.78 is 2.02. The Morgan fingerprint density at radius 3 is 2.44 bits per heavy atom. The normalized spacial score (nSPS) is 15.2. The molecular formula is C19H24N4O2. The van der Waals surface area contributed by atoms with Crippen LogP contribution >= 0.6 is 0 Å². The van der Waals surface area contributed by atoms with E-state index in [1.54, 1.807) is 18.0 Å². The van der Waals surface area contributed by atoms with Crippen molar-refractivity contribution in [2.45, 2.75) is 33.2 Å². The van der Waals surface area contributed by atoms with Crippen LogP contribution in [0.3, 0.4) is 0 Å². The van der Waals surface area contributed by atoms with E-state index in [9.17, 15) is 9.59 Å². The van der Waals surface area contributed by atoms with Crippen LogP contribution in [0.4, 0.5) is 0 Å². The topological polar surface area (TPSA) is 67.2 Å². The van der Waals surface area contributed by atoms with E-state index in [0.717, 1.165) is 29.9 Å². The van der Waals surface area contributed by atoms with Crippen molar-refractivity contribution in [3.05, 3.63) is 48.0 Å². The third-order valence-electron chi connectivity index (χ3n) is 4.82. The molecule has 1 aromatic heterocycles. The molecule has 0 spiro atoms. The zero-order valence-corrected chi connectivity index (χ0v) is 14.7. The predicted octanol–water partition coefficient (Wildman–Crippen LogP) is 2.06. The largest absolute Gasteiger partial charge is 0.352 e. The molecule has 0 unspecified atom stereocenters. The van der Waals surface area contributed by atoms with Gasteiger partial charge in [-0.2, -0.15) is 0 Å². The summed E-state index contributed by atoms with van der Waals surface area (Å²) >= 11 is 0. The minimum absolute atomic E-state index is 0.00321. The number of hydrogen-bond acceptors (Lipinski definition) is 3. The van der Waals surface area contributed by atoms with Crippen LogP contribution in [0.25, 0.3) is 5.69 Å². The Balaban J connectivity index is 1.51. The van der Waals surface area contributed by atoms with Crippen LogP contribution in [0.15, 0.2) is 36.7 Å². The number of benzene rings is 1. The first-order chi connectivity index (χ1) is 12.0. The van der Waals surface area contributed by atoms with Crippen molar-refractivity contribution in [2.24, 2.45) is 5.92 Å². The van der Waals surface area contributed by atoms with E-state index < -0.39 is 0 Å². The molecule has 1 aliphatic heterocycles. The molecule has 6 heteroatoms. The highest BCUT2D eigenvalue weighted by Crippen LogP contribution is 2.18. The van der Waals surface area contributed by atoms with E-state index in [1.165, 1.54) is 0 Å². The van der Waals surface area contributed by atoms with Gasteiger partial charge in [-0.15, -0.1) is 0 Å². The summed E-state index contributed by atoms with van der Waals surface area (Å²) in [4.78, 5) is 29.7. The number of nitrogens with zero attached hydrogens (tertiary/aromatic N) is 3. The Hall–Kier alpha value is -2.63. The molecule has 1 saturated heterocycles. The maximum Gasteiger partial charge on any atom is 0.223 e. The van der Waals surface area contributed by atoms with Gasteiger partial charge in [0.05, 0.1) is 0 Å². The highest BCUT2D eigenvalue weighted by atomic mass is 16.2. The first-order valence-electron chi connectivity index (χ1n) is 8.67. The minimum Gasteiger partial charge on any atom is -0.352 e. The Kier molecular flexibility index (Phi) is 5.16. The van der Waals surface area contributed by atoms with Crippen LogP contribution in [-0.4, -0.2) is 39.4 Å². The molecule has 2 aromatic rings. The van der Waals surface area contributed by atoms with Crippen LogP contribution in [0, 0.1) is 12.8 Å². The number of carbonyl (C=O) groups excluding carboxylic acids is 2. The fraction of sp³-hybridized carbons (Fsp3) is 0.421. The third kappa shape index (κ3) is 4.07. The first kappa shape index (κ1) is 17.2. The summed E-state index contributed by atoms with van der Waals surface area (Å²) in [6.07, 6.45) is 5.19. The zero-order chi connectivity index (χ0) is 17.8. The van der Waals surface area contributed by atoms with Gasteiger partial charge in [-0.25, -0.2) is 4.98 Å². The molecule has 25 heavy (non-hydrogen) atoms. The van der Waals surface area contributed by atoms with E-state index >= 15 is 0 Å². The van der Waals surface area contributed by atoms with Gasteiger partial charge in [0.1, 0.15) is 5.82 Å². The van der Waals surface area contributed by atoms with Crippen molar-refractivity contribution < 1.29 is 9.59 Å². The monoisotopic (exact) mass is 340 g/mol. The van der Waals surface area contributed by atoms with Crippen molar-refractivity contribution in [3.8, 4) is 5.69 Å². The number of amides is 2. The zero-order valence-electron chi connectivity index (χ0n) is 14.7. The number of piperidine rings is 1. The van der Waals surface area contributed by atoms with Gasteiger partial charge in [0.15, 0.2) is 0 Å². The van der Waals surface area contributed by atoms with Gasteiger partial charge in [-0.05, 0) is 37.5 Å². The Morgan fingerprint density at radius 1 is 1.20 bits per heavy atom. The van der Waals surface area contributed by atoms with Crippen molar-refractivity contribution in [2.75, 3.05) is 13.1 Å². The van der Waals surface area contributed by atoms with Crippen LogP contribution < -0.4 is 5.32 Å². The number of rotatable bonds is 4. The fourth-order valence-corrected chi connectivity index (χ4v) is 3.22. The summed E-state index contributed by atoms with van der Waals surface area (Å²) in [6, 6.07) is 8.10. The molecule has 1 N–H and O–H groups in total. The fourth-order valence-electron chi connectivity index (χ4n) is 3.22. The van der Waals surface area contributed by atoms with Crippen molar-refractivity contribution in [1.82, 2.24) is 19.8 Å². The number of aryl methyl sites for hydroxylation is 1. The maximum atomic E-state index is 12.3. The average Bonchev–Trinajstić information content (AvgIpc) is 3.06. The lowest BCUT2D eigenvalue weighted by Crippen LogP contribution is -2.42. The van der Waals surface area contributed by atoms with Crippen LogP contribution in [0.2, 0.25) is 0 Å². The molecule has 1 fully saturated rings. The lowest BCUT2D eigenvalue weighted by molar-refractivity contribution is -0.134. The second-order valence-corrected chi connectivity index (χ2v) is 6.51. The molecule has 0 atom stereocenters. The molecular weight excluding hydrogens is 316 g/mol. The standard InChI is InChI=1S/C19H24N4O2/c1-14-20-9-12-23(14)18-5-3-16(4-6-18)13-21-19(25)17-7-10-22(11-8-17)15(2)24/h3-6,9,12,17H,7-8,10-11,13H2,1-2H3,(H,21,25).